The number of rotatable bonds is 4. The maximum absolute atomic E-state index is 12.9. The molecule has 3 heterocycles. The normalized spacial score (nSPS) is 28.8. The molecule has 6 nitrogen and oxygen atoms in total. The molecular weight excluding hydrogens is 402 g/mol. The molecule has 0 saturated carbocycles. The average molecular weight is 434 g/mol. The highest BCUT2D eigenvalue weighted by Gasteiger charge is 2.40. The summed E-state index contributed by atoms with van der Waals surface area (Å²) in [6.45, 7) is 4.88. The van der Waals surface area contributed by atoms with Crippen LogP contribution < -0.4 is 5.32 Å². The fraction of sp³-hybridized carbons (Fsp3) is 0.500. The predicted octanol–water partition coefficient (Wildman–Crippen LogP) is 3.29. The van der Waals surface area contributed by atoms with Gasteiger partial charge in [-0.15, -0.1) is 0 Å². The summed E-state index contributed by atoms with van der Waals surface area (Å²) >= 11 is 0. The minimum atomic E-state index is -0.554. The first-order valence-corrected chi connectivity index (χ1v) is 11.9. The number of likely N-dealkylation sites (tertiary alicyclic amines) is 1. The molecule has 6 heteroatoms. The van der Waals surface area contributed by atoms with Crippen molar-refractivity contribution in [2.75, 3.05) is 13.1 Å². The van der Waals surface area contributed by atoms with Crippen molar-refractivity contribution in [2.24, 2.45) is 0 Å². The van der Waals surface area contributed by atoms with E-state index in [1.54, 1.807) is 4.90 Å². The lowest BCUT2D eigenvalue weighted by Crippen LogP contribution is -2.52. The Morgan fingerprint density at radius 3 is 2.59 bits per heavy atom. The van der Waals surface area contributed by atoms with E-state index in [2.05, 4.69) is 53.6 Å². The van der Waals surface area contributed by atoms with E-state index in [4.69, 9.17) is 0 Å². The first-order valence-electron chi connectivity index (χ1n) is 11.9. The molecule has 1 aromatic rings. The Morgan fingerprint density at radius 2 is 1.91 bits per heavy atom. The van der Waals surface area contributed by atoms with Crippen molar-refractivity contribution in [1.82, 2.24) is 15.1 Å². The number of imide groups is 1. The monoisotopic (exact) mass is 433 g/mol. The van der Waals surface area contributed by atoms with Gasteiger partial charge in [-0.2, -0.15) is 0 Å². The zero-order valence-electron chi connectivity index (χ0n) is 18.7. The van der Waals surface area contributed by atoms with Crippen molar-refractivity contribution >= 4 is 17.7 Å². The Hall–Kier alpha value is -2.73. The molecule has 5 rings (SSSR count). The molecule has 0 radical (unpaired) electrons. The first kappa shape index (κ1) is 21.1. The van der Waals surface area contributed by atoms with Crippen molar-refractivity contribution in [3.63, 3.8) is 0 Å². The number of piperidine rings is 2. The fourth-order valence-electron chi connectivity index (χ4n) is 5.88. The highest BCUT2D eigenvalue weighted by atomic mass is 16.2. The van der Waals surface area contributed by atoms with Gasteiger partial charge in [0.25, 0.3) is 5.91 Å². The van der Waals surface area contributed by atoms with E-state index in [1.807, 2.05) is 6.07 Å². The molecule has 1 N–H and O–H groups in total. The number of carbonyl (C=O) groups is 3. The molecule has 0 spiro atoms. The minimum Gasteiger partial charge on any atom is -0.322 e. The number of amides is 3. The van der Waals surface area contributed by atoms with E-state index in [1.165, 1.54) is 5.56 Å². The van der Waals surface area contributed by atoms with E-state index < -0.39 is 6.04 Å². The van der Waals surface area contributed by atoms with Crippen LogP contribution in [0.15, 0.2) is 42.5 Å². The molecule has 2 fully saturated rings. The Bertz CT molecular complexity index is 1010. The average Bonchev–Trinajstić information content (AvgIpc) is 3.15. The topological polar surface area (TPSA) is 69.7 Å². The van der Waals surface area contributed by atoms with Crippen LogP contribution in [0, 0.1) is 0 Å². The van der Waals surface area contributed by atoms with Gasteiger partial charge in [0, 0.05) is 24.1 Å². The maximum atomic E-state index is 12.9. The van der Waals surface area contributed by atoms with Crippen LogP contribution >= 0.6 is 0 Å². The lowest BCUT2D eigenvalue weighted by Gasteiger charge is -2.46. The van der Waals surface area contributed by atoms with Gasteiger partial charge in [0.2, 0.25) is 11.8 Å². The first-order chi connectivity index (χ1) is 15.5. The number of hydrogen-bond donors (Lipinski definition) is 1. The van der Waals surface area contributed by atoms with Gasteiger partial charge >= 0.3 is 0 Å². The summed E-state index contributed by atoms with van der Waals surface area (Å²) in [5.74, 6) is -0.216. The quantitative estimate of drug-likeness (QED) is 0.740. The second-order valence-corrected chi connectivity index (χ2v) is 9.53. The van der Waals surface area contributed by atoms with E-state index in [0.717, 1.165) is 44.3 Å². The van der Waals surface area contributed by atoms with Crippen molar-refractivity contribution in [3.05, 3.63) is 59.2 Å². The number of nitrogens with zero attached hydrogens (tertiary/aromatic N) is 2. The van der Waals surface area contributed by atoms with Gasteiger partial charge in [0.1, 0.15) is 6.04 Å². The van der Waals surface area contributed by atoms with Crippen LogP contribution in [0.5, 0.6) is 0 Å². The number of fused-ring (bicyclic) bond motifs is 1. The molecule has 32 heavy (non-hydrogen) atoms. The molecule has 1 unspecified atom stereocenters. The van der Waals surface area contributed by atoms with Gasteiger partial charge in [-0.05, 0) is 68.3 Å². The second kappa shape index (κ2) is 8.32. The Labute approximate surface area is 189 Å². The van der Waals surface area contributed by atoms with Gasteiger partial charge in [-0.1, -0.05) is 43.4 Å². The van der Waals surface area contributed by atoms with Gasteiger partial charge < -0.3 is 4.90 Å². The minimum absolute atomic E-state index is 0.0992. The smallest absolute Gasteiger partial charge is 0.255 e. The van der Waals surface area contributed by atoms with E-state index in [0.29, 0.717) is 24.4 Å². The molecule has 1 aromatic carbocycles. The third-order valence-electron chi connectivity index (χ3n) is 7.88. The maximum Gasteiger partial charge on any atom is 0.255 e. The third kappa shape index (κ3) is 3.60. The lowest BCUT2D eigenvalue weighted by molar-refractivity contribution is -0.136. The summed E-state index contributed by atoms with van der Waals surface area (Å²) in [5, 5.41) is 2.37. The van der Waals surface area contributed by atoms with Crippen molar-refractivity contribution in [2.45, 2.75) is 69.5 Å². The number of hydrogen-bond acceptors (Lipinski definition) is 4. The van der Waals surface area contributed by atoms with E-state index in [-0.39, 0.29) is 29.7 Å². The van der Waals surface area contributed by atoms with E-state index >= 15 is 0 Å². The van der Waals surface area contributed by atoms with Crippen LogP contribution in [0.25, 0.3) is 0 Å². The van der Waals surface area contributed by atoms with Crippen LogP contribution in [-0.4, -0.2) is 52.2 Å². The SMILES string of the molecule is CC[C@]1(N2CCC(c3ccc4c(c3)CN(C3CCC(=O)NC3=O)C4=O)CC2)C=CC=CC1. The largest absolute Gasteiger partial charge is 0.322 e. The Morgan fingerprint density at radius 1 is 1.09 bits per heavy atom. The van der Waals surface area contributed by atoms with Crippen LogP contribution in [0.1, 0.15) is 72.9 Å². The fourth-order valence-corrected chi connectivity index (χ4v) is 5.88. The highest BCUT2D eigenvalue weighted by molar-refractivity contribution is 6.05. The van der Waals surface area contributed by atoms with Crippen LogP contribution in [0.4, 0.5) is 0 Å². The van der Waals surface area contributed by atoms with Gasteiger partial charge in [0.05, 0.1) is 0 Å². The van der Waals surface area contributed by atoms with Gasteiger partial charge in [-0.25, -0.2) is 0 Å². The standard InChI is InChI=1S/C26H31N3O3/c1-2-26(12-4-3-5-13-26)28-14-10-18(11-15-28)19-6-7-21-20(16-19)17-29(25(21)32)22-8-9-23(30)27-24(22)31/h3-7,12,16,18,22H,2,8-11,13-15,17H2,1H3,(H,27,30,31)/t22?,26-/m0/s1. The number of benzene rings is 1. The molecule has 1 aliphatic carbocycles. The molecule has 2 saturated heterocycles. The zero-order chi connectivity index (χ0) is 22.3. The molecule has 4 aliphatic rings. The van der Waals surface area contributed by atoms with E-state index in [9.17, 15) is 14.4 Å². The summed E-state index contributed by atoms with van der Waals surface area (Å²) in [7, 11) is 0. The lowest BCUT2D eigenvalue weighted by atomic mass is 9.82. The molecular formula is C26H31N3O3. The van der Waals surface area contributed by atoms with Gasteiger partial charge in [0.15, 0.2) is 0 Å². The number of nitrogens with one attached hydrogen (secondary N) is 1. The van der Waals surface area contributed by atoms with Crippen molar-refractivity contribution < 1.29 is 14.4 Å². The predicted molar refractivity (Wildman–Crippen MR) is 122 cm³/mol. The molecule has 168 valence electrons. The summed E-state index contributed by atoms with van der Waals surface area (Å²) < 4.78 is 0. The Balaban J connectivity index is 1.27. The third-order valence-corrected chi connectivity index (χ3v) is 7.88. The molecule has 3 amide bonds. The summed E-state index contributed by atoms with van der Waals surface area (Å²) in [4.78, 5) is 41.0. The second-order valence-electron chi connectivity index (χ2n) is 9.53. The van der Waals surface area contributed by atoms with Crippen LogP contribution in [-0.2, 0) is 16.1 Å². The summed E-state index contributed by atoms with van der Waals surface area (Å²) in [5.41, 5.74) is 3.16. The number of carbonyl (C=O) groups excluding carboxylic acids is 3. The zero-order valence-corrected chi connectivity index (χ0v) is 18.7. The molecule has 0 bridgehead atoms. The molecule has 3 aliphatic heterocycles. The highest BCUT2D eigenvalue weighted by Crippen LogP contribution is 2.37. The molecule has 0 aromatic heterocycles. The van der Waals surface area contributed by atoms with Gasteiger partial charge in [-0.3, -0.25) is 24.6 Å². The van der Waals surface area contributed by atoms with Crippen molar-refractivity contribution in [3.8, 4) is 0 Å². The van der Waals surface area contributed by atoms with Crippen molar-refractivity contribution in [1.29, 1.82) is 0 Å². The summed E-state index contributed by atoms with van der Waals surface area (Å²) in [6, 6.07) is 5.66. The van der Waals surface area contributed by atoms with Crippen LogP contribution in [0.2, 0.25) is 0 Å². The van der Waals surface area contributed by atoms with Crippen LogP contribution in [0.3, 0.4) is 0 Å². The molecule has 2 atom stereocenters. The number of allylic oxidation sites excluding steroid dienone is 2. The summed E-state index contributed by atoms with van der Waals surface area (Å²) in [6.07, 6.45) is 14.1. The Kier molecular flexibility index (Phi) is 5.49.